The fraction of sp³-hybridized carbons (Fsp3) is 0.267. The van der Waals surface area contributed by atoms with E-state index in [-0.39, 0.29) is 6.04 Å². The normalized spacial score (nSPS) is 12.2. The minimum absolute atomic E-state index is 0.126. The maximum atomic E-state index is 5.98. The molecule has 2 aromatic rings. The van der Waals surface area contributed by atoms with Crippen molar-refractivity contribution in [3.05, 3.63) is 58.4 Å². The third-order valence-electron chi connectivity index (χ3n) is 2.94. The van der Waals surface area contributed by atoms with Crippen molar-refractivity contribution in [2.24, 2.45) is 5.73 Å². The first-order valence-electron chi connectivity index (χ1n) is 6.16. The number of nitrogens with zero attached hydrogens (tertiary/aromatic N) is 1. The van der Waals surface area contributed by atoms with Crippen LogP contribution in [-0.2, 0) is 6.61 Å². The summed E-state index contributed by atoms with van der Waals surface area (Å²) in [5.74, 6) is 0.754. The molecule has 0 saturated carbocycles. The van der Waals surface area contributed by atoms with Crippen LogP contribution in [0.1, 0.15) is 29.8 Å². The fourth-order valence-electron chi connectivity index (χ4n) is 1.82. The Kier molecular flexibility index (Phi) is 4.40. The summed E-state index contributed by atoms with van der Waals surface area (Å²) < 4.78 is 5.82. The highest BCUT2D eigenvalue weighted by Gasteiger charge is 2.10. The maximum Gasteiger partial charge on any atom is 0.130 e. The Morgan fingerprint density at radius 2 is 2.16 bits per heavy atom. The molecule has 0 unspecified atom stereocenters. The summed E-state index contributed by atoms with van der Waals surface area (Å²) in [6.07, 6.45) is 1.76. The SMILES string of the molecule is Cc1cccnc1COc1ccc(Cl)cc1[C@@H](C)N. The van der Waals surface area contributed by atoms with E-state index in [2.05, 4.69) is 4.98 Å². The summed E-state index contributed by atoms with van der Waals surface area (Å²) in [7, 11) is 0. The Hall–Kier alpha value is -1.58. The van der Waals surface area contributed by atoms with Crippen LogP contribution in [0.15, 0.2) is 36.5 Å². The van der Waals surface area contributed by atoms with Gasteiger partial charge in [-0.05, 0) is 43.7 Å². The van der Waals surface area contributed by atoms with Gasteiger partial charge in [0.1, 0.15) is 12.4 Å². The maximum absolute atomic E-state index is 5.98. The topological polar surface area (TPSA) is 48.1 Å². The largest absolute Gasteiger partial charge is 0.487 e. The lowest BCUT2D eigenvalue weighted by Gasteiger charge is -2.14. The molecule has 0 amide bonds. The minimum Gasteiger partial charge on any atom is -0.487 e. The van der Waals surface area contributed by atoms with Crippen molar-refractivity contribution in [1.29, 1.82) is 0 Å². The molecule has 0 aliphatic heterocycles. The Bertz CT molecular complexity index is 570. The summed E-state index contributed by atoms with van der Waals surface area (Å²) in [5, 5.41) is 0.661. The summed E-state index contributed by atoms with van der Waals surface area (Å²) >= 11 is 5.98. The van der Waals surface area contributed by atoms with Crippen LogP contribution in [0.2, 0.25) is 5.02 Å². The molecule has 0 fully saturated rings. The van der Waals surface area contributed by atoms with Crippen molar-refractivity contribution in [3.63, 3.8) is 0 Å². The molecule has 0 spiro atoms. The van der Waals surface area contributed by atoms with Gasteiger partial charge in [0, 0.05) is 22.8 Å². The molecule has 1 atom stereocenters. The second-order valence-electron chi connectivity index (χ2n) is 4.53. The molecular formula is C15H17ClN2O. The predicted molar refractivity (Wildman–Crippen MR) is 77.4 cm³/mol. The molecule has 3 nitrogen and oxygen atoms in total. The van der Waals surface area contributed by atoms with E-state index in [9.17, 15) is 0 Å². The summed E-state index contributed by atoms with van der Waals surface area (Å²) in [6.45, 7) is 4.35. The molecule has 0 aliphatic carbocycles. The number of nitrogens with two attached hydrogens (primary N) is 1. The number of aryl methyl sites for hydroxylation is 1. The van der Waals surface area contributed by atoms with Gasteiger partial charge in [-0.3, -0.25) is 4.98 Å². The van der Waals surface area contributed by atoms with Gasteiger partial charge in [-0.1, -0.05) is 17.7 Å². The molecule has 0 aliphatic rings. The van der Waals surface area contributed by atoms with E-state index >= 15 is 0 Å². The smallest absolute Gasteiger partial charge is 0.130 e. The summed E-state index contributed by atoms with van der Waals surface area (Å²) in [6, 6.07) is 9.29. The highest BCUT2D eigenvalue weighted by atomic mass is 35.5. The van der Waals surface area contributed by atoms with Crippen molar-refractivity contribution >= 4 is 11.6 Å². The number of ether oxygens (including phenoxy) is 1. The van der Waals surface area contributed by atoms with Gasteiger partial charge in [-0.2, -0.15) is 0 Å². The Morgan fingerprint density at radius 1 is 1.37 bits per heavy atom. The fourth-order valence-corrected chi connectivity index (χ4v) is 2.00. The molecule has 19 heavy (non-hydrogen) atoms. The zero-order valence-electron chi connectivity index (χ0n) is 11.1. The molecule has 1 aromatic carbocycles. The van der Waals surface area contributed by atoms with Crippen LogP contribution in [0.25, 0.3) is 0 Å². The van der Waals surface area contributed by atoms with Crippen molar-refractivity contribution in [3.8, 4) is 5.75 Å². The van der Waals surface area contributed by atoms with Gasteiger partial charge in [0.15, 0.2) is 0 Å². The third-order valence-corrected chi connectivity index (χ3v) is 3.18. The molecule has 1 heterocycles. The Labute approximate surface area is 118 Å². The van der Waals surface area contributed by atoms with Crippen molar-refractivity contribution in [1.82, 2.24) is 4.98 Å². The van der Waals surface area contributed by atoms with E-state index in [1.165, 1.54) is 0 Å². The number of rotatable bonds is 4. The van der Waals surface area contributed by atoms with Gasteiger partial charge >= 0.3 is 0 Å². The first-order chi connectivity index (χ1) is 9.08. The first kappa shape index (κ1) is 13.8. The van der Waals surface area contributed by atoms with Gasteiger partial charge in [0.2, 0.25) is 0 Å². The number of aromatic nitrogens is 1. The van der Waals surface area contributed by atoms with Gasteiger partial charge in [-0.25, -0.2) is 0 Å². The lowest BCUT2D eigenvalue weighted by atomic mass is 10.1. The number of halogens is 1. The van der Waals surface area contributed by atoms with Crippen LogP contribution < -0.4 is 10.5 Å². The second-order valence-corrected chi connectivity index (χ2v) is 4.96. The van der Waals surface area contributed by atoms with Crippen LogP contribution in [-0.4, -0.2) is 4.98 Å². The summed E-state index contributed by atoms with van der Waals surface area (Å²) in [5.41, 5.74) is 8.87. The summed E-state index contributed by atoms with van der Waals surface area (Å²) in [4.78, 5) is 4.30. The van der Waals surface area contributed by atoms with Crippen LogP contribution in [0.4, 0.5) is 0 Å². The highest BCUT2D eigenvalue weighted by molar-refractivity contribution is 6.30. The second kappa shape index (κ2) is 6.04. The average molecular weight is 277 g/mol. The predicted octanol–water partition coefficient (Wildman–Crippen LogP) is 3.64. The van der Waals surface area contributed by atoms with E-state index in [0.29, 0.717) is 11.6 Å². The van der Waals surface area contributed by atoms with Gasteiger partial charge in [0.25, 0.3) is 0 Å². The van der Waals surface area contributed by atoms with Crippen LogP contribution in [0.3, 0.4) is 0 Å². The molecule has 1 aromatic heterocycles. The molecular weight excluding hydrogens is 260 g/mol. The van der Waals surface area contributed by atoms with Crippen molar-refractivity contribution in [2.75, 3.05) is 0 Å². The molecule has 2 N–H and O–H groups in total. The number of pyridine rings is 1. The van der Waals surface area contributed by atoms with E-state index in [0.717, 1.165) is 22.6 Å². The van der Waals surface area contributed by atoms with E-state index in [4.69, 9.17) is 22.1 Å². The minimum atomic E-state index is -0.126. The monoisotopic (exact) mass is 276 g/mol. The van der Waals surface area contributed by atoms with Crippen LogP contribution in [0.5, 0.6) is 5.75 Å². The molecule has 0 radical (unpaired) electrons. The average Bonchev–Trinajstić information content (AvgIpc) is 2.38. The Balaban J connectivity index is 2.18. The molecule has 4 heteroatoms. The lowest BCUT2D eigenvalue weighted by molar-refractivity contribution is 0.296. The van der Waals surface area contributed by atoms with Gasteiger partial charge in [0.05, 0.1) is 5.69 Å². The number of hydrogen-bond acceptors (Lipinski definition) is 3. The molecule has 100 valence electrons. The molecule has 0 saturated heterocycles. The Morgan fingerprint density at radius 3 is 2.84 bits per heavy atom. The van der Waals surface area contributed by atoms with Crippen LogP contribution >= 0.6 is 11.6 Å². The zero-order chi connectivity index (χ0) is 13.8. The van der Waals surface area contributed by atoms with E-state index < -0.39 is 0 Å². The molecule has 0 bridgehead atoms. The van der Waals surface area contributed by atoms with Gasteiger partial charge in [-0.15, -0.1) is 0 Å². The lowest BCUT2D eigenvalue weighted by Crippen LogP contribution is -2.09. The number of hydrogen-bond donors (Lipinski definition) is 1. The van der Waals surface area contributed by atoms with Crippen LogP contribution in [0, 0.1) is 6.92 Å². The quantitative estimate of drug-likeness (QED) is 0.927. The zero-order valence-corrected chi connectivity index (χ0v) is 11.8. The number of benzene rings is 1. The standard InChI is InChI=1S/C15H17ClN2O/c1-10-4-3-7-18-14(10)9-19-15-6-5-12(16)8-13(15)11(2)17/h3-8,11H,9,17H2,1-2H3/t11-/m1/s1. The highest BCUT2D eigenvalue weighted by Crippen LogP contribution is 2.27. The third kappa shape index (κ3) is 3.46. The van der Waals surface area contributed by atoms with E-state index in [1.54, 1.807) is 12.3 Å². The van der Waals surface area contributed by atoms with Crippen molar-refractivity contribution < 1.29 is 4.74 Å². The van der Waals surface area contributed by atoms with E-state index in [1.807, 2.05) is 38.1 Å². The first-order valence-corrected chi connectivity index (χ1v) is 6.54. The van der Waals surface area contributed by atoms with Crippen molar-refractivity contribution in [2.45, 2.75) is 26.5 Å². The molecule has 2 rings (SSSR count). The van der Waals surface area contributed by atoms with Gasteiger partial charge < -0.3 is 10.5 Å².